The maximum atomic E-state index is 12.2. The molecule has 1 unspecified atom stereocenters. The zero-order valence-electron chi connectivity index (χ0n) is 17.8. The van der Waals surface area contributed by atoms with E-state index in [0.717, 1.165) is 22.3 Å². The number of benzene rings is 2. The summed E-state index contributed by atoms with van der Waals surface area (Å²) in [5.41, 5.74) is 4.48. The van der Waals surface area contributed by atoms with Crippen molar-refractivity contribution in [3.8, 4) is 11.1 Å². The number of hydrogen-bond donors (Lipinski definition) is 3. The molecule has 6 nitrogen and oxygen atoms in total. The lowest BCUT2D eigenvalue weighted by atomic mass is 10.0. The summed E-state index contributed by atoms with van der Waals surface area (Å²) >= 11 is 0. The topological polar surface area (TPSA) is 91.3 Å². The summed E-state index contributed by atoms with van der Waals surface area (Å²) in [6, 6.07) is 22.1. The molecule has 0 radical (unpaired) electrons. The normalized spacial score (nSPS) is 11.6. The minimum Gasteiger partial charge on any atom is -0.475 e. The first-order chi connectivity index (χ1) is 15.7. The average Bonchev–Trinajstić information content (AvgIpc) is 2.82. The number of halogens is 3. The second-order valence-corrected chi connectivity index (χ2v) is 6.98. The predicted octanol–water partition coefficient (Wildman–Crippen LogP) is 3.83. The summed E-state index contributed by atoms with van der Waals surface area (Å²) in [6.07, 6.45) is -0.801. The van der Waals surface area contributed by atoms with Gasteiger partial charge >= 0.3 is 12.1 Å². The number of amides is 1. The van der Waals surface area contributed by atoms with Crippen LogP contribution in [0.5, 0.6) is 0 Å². The number of pyridine rings is 1. The van der Waals surface area contributed by atoms with E-state index in [1.165, 1.54) is 0 Å². The van der Waals surface area contributed by atoms with Gasteiger partial charge < -0.3 is 15.7 Å². The van der Waals surface area contributed by atoms with E-state index in [-0.39, 0.29) is 11.9 Å². The number of aliphatic carboxylic acids is 1. The third-order valence-corrected chi connectivity index (χ3v) is 4.56. The van der Waals surface area contributed by atoms with E-state index < -0.39 is 12.1 Å². The third kappa shape index (κ3) is 8.74. The fourth-order valence-corrected chi connectivity index (χ4v) is 2.92. The SMILES string of the molecule is CNC(=O)C(Cc1ccccc1)NCc1cccc(-c2cccnc2)c1.O=C(O)C(F)(F)F. The van der Waals surface area contributed by atoms with Crippen molar-refractivity contribution in [2.75, 3.05) is 7.05 Å². The Balaban J connectivity index is 0.000000479. The molecule has 1 heterocycles. The first kappa shape index (κ1) is 25.5. The standard InChI is InChI=1S/C22H23N3O.C2HF3O2/c1-23-22(26)21(14-17-7-3-2-4-8-17)25-15-18-9-5-10-19(13-18)20-11-6-12-24-16-20;3-2(4,5)1(6)7/h2-13,16,21,25H,14-15H2,1H3,(H,23,26);(H,6,7). The van der Waals surface area contributed by atoms with Crippen molar-refractivity contribution in [3.63, 3.8) is 0 Å². The van der Waals surface area contributed by atoms with Gasteiger partial charge in [-0.25, -0.2) is 4.79 Å². The fourth-order valence-electron chi connectivity index (χ4n) is 2.92. The number of rotatable bonds is 7. The maximum Gasteiger partial charge on any atom is 0.490 e. The number of nitrogens with one attached hydrogen (secondary N) is 2. The molecule has 3 N–H and O–H groups in total. The summed E-state index contributed by atoms with van der Waals surface area (Å²) in [5, 5.41) is 13.3. The maximum absolute atomic E-state index is 12.2. The Kier molecular flexibility index (Phi) is 9.56. The molecule has 0 aliphatic carbocycles. The van der Waals surface area contributed by atoms with E-state index in [0.29, 0.717) is 13.0 Å². The van der Waals surface area contributed by atoms with Crippen LogP contribution in [-0.4, -0.2) is 41.2 Å². The Labute approximate surface area is 189 Å². The summed E-state index contributed by atoms with van der Waals surface area (Å²) in [4.78, 5) is 25.3. The van der Waals surface area contributed by atoms with Crippen molar-refractivity contribution in [2.24, 2.45) is 0 Å². The third-order valence-electron chi connectivity index (χ3n) is 4.56. The molecule has 0 saturated carbocycles. The number of carbonyl (C=O) groups is 2. The minimum atomic E-state index is -5.08. The Hall–Kier alpha value is -3.72. The Morgan fingerprint density at radius 2 is 1.61 bits per heavy atom. The lowest BCUT2D eigenvalue weighted by Crippen LogP contribution is -2.44. The zero-order valence-corrected chi connectivity index (χ0v) is 17.8. The molecule has 0 aliphatic rings. The smallest absolute Gasteiger partial charge is 0.475 e. The van der Waals surface area contributed by atoms with Crippen LogP contribution in [0.4, 0.5) is 13.2 Å². The molecule has 0 fully saturated rings. The van der Waals surface area contributed by atoms with Crippen molar-refractivity contribution in [1.82, 2.24) is 15.6 Å². The van der Waals surface area contributed by atoms with Gasteiger partial charge in [0, 0.05) is 26.0 Å². The molecule has 9 heteroatoms. The van der Waals surface area contributed by atoms with Crippen LogP contribution in [0.2, 0.25) is 0 Å². The van der Waals surface area contributed by atoms with Crippen molar-refractivity contribution in [1.29, 1.82) is 0 Å². The van der Waals surface area contributed by atoms with Crippen LogP contribution >= 0.6 is 0 Å². The molecular formula is C24H24F3N3O3. The van der Waals surface area contributed by atoms with Gasteiger partial charge in [0.25, 0.3) is 0 Å². The van der Waals surface area contributed by atoms with Crippen LogP contribution in [0, 0.1) is 0 Å². The van der Waals surface area contributed by atoms with E-state index in [1.807, 2.05) is 54.7 Å². The first-order valence-electron chi connectivity index (χ1n) is 9.99. The second-order valence-electron chi connectivity index (χ2n) is 6.98. The van der Waals surface area contributed by atoms with E-state index in [9.17, 15) is 18.0 Å². The van der Waals surface area contributed by atoms with E-state index >= 15 is 0 Å². The van der Waals surface area contributed by atoms with Crippen molar-refractivity contribution in [2.45, 2.75) is 25.2 Å². The monoisotopic (exact) mass is 459 g/mol. The van der Waals surface area contributed by atoms with Crippen LogP contribution in [0.15, 0.2) is 79.1 Å². The predicted molar refractivity (Wildman–Crippen MR) is 118 cm³/mol. The number of aromatic nitrogens is 1. The molecule has 0 bridgehead atoms. The van der Waals surface area contributed by atoms with Gasteiger partial charge in [0.05, 0.1) is 6.04 Å². The van der Waals surface area contributed by atoms with Crippen LogP contribution in [0.3, 0.4) is 0 Å². The molecule has 174 valence electrons. The Morgan fingerprint density at radius 3 is 2.18 bits per heavy atom. The number of carbonyl (C=O) groups excluding carboxylic acids is 1. The highest BCUT2D eigenvalue weighted by atomic mass is 19.4. The van der Waals surface area contributed by atoms with E-state index in [2.05, 4.69) is 33.8 Å². The van der Waals surface area contributed by atoms with Gasteiger partial charge in [-0.05, 0) is 40.8 Å². The van der Waals surface area contributed by atoms with Crippen LogP contribution in [0.1, 0.15) is 11.1 Å². The highest BCUT2D eigenvalue weighted by molar-refractivity contribution is 5.81. The van der Waals surface area contributed by atoms with Gasteiger partial charge in [-0.1, -0.05) is 54.6 Å². The molecule has 2 aromatic carbocycles. The minimum absolute atomic E-state index is 0.00253. The van der Waals surface area contributed by atoms with Crippen molar-refractivity contribution in [3.05, 3.63) is 90.3 Å². The number of alkyl halides is 3. The zero-order chi connectivity index (χ0) is 24.3. The summed E-state index contributed by atoms with van der Waals surface area (Å²) in [6.45, 7) is 0.624. The molecule has 1 aromatic heterocycles. The number of hydrogen-bond acceptors (Lipinski definition) is 4. The van der Waals surface area contributed by atoms with Gasteiger partial charge in [0.1, 0.15) is 0 Å². The van der Waals surface area contributed by atoms with E-state index in [1.54, 1.807) is 13.2 Å². The lowest BCUT2D eigenvalue weighted by molar-refractivity contribution is -0.192. The van der Waals surface area contributed by atoms with Gasteiger partial charge in [-0.15, -0.1) is 0 Å². The molecule has 1 atom stereocenters. The molecule has 1 amide bonds. The number of carboxylic acid groups (broad SMARTS) is 1. The Morgan fingerprint density at radius 1 is 0.970 bits per heavy atom. The highest BCUT2D eigenvalue weighted by Gasteiger charge is 2.38. The van der Waals surface area contributed by atoms with Crippen LogP contribution < -0.4 is 10.6 Å². The van der Waals surface area contributed by atoms with Gasteiger partial charge in [0.2, 0.25) is 5.91 Å². The highest BCUT2D eigenvalue weighted by Crippen LogP contribution is 2.19. The molecular weight excluding hydrogens is 435 g/mol. The molecule has 0 spiro atoms. The van der Waals surface area contributed by atoms with Gasteiger partial charge in [-0.2, -0.15) is 13.2 Å². The van der Waals surface area contributed by atoms with Crippen molar-refractivity contribution < 1.29 is 27.9 Å². The number of carboxylic acids is 1. The lowest BCUT2D eigenvalue weighted by Gasteiger charge is -2.18. The summed E-state index contributed by atoms with van der Waals surface area (Å²) in [5.74, 6) is -2.76. The quantitative estimate of drug-likeness (QED) is 0.500. The summed E-state index contributed by atoms with van der Waals surface area (Å²) in [7, 11) is 1.67. The molecule has 0 aliphatic heterocycles. The molecule has 3 rings (SSSR count). The second kappa shape index (κ2) is 12.4. The number of likely N-dealkylation sites (N-methyl/N-ethyl adjacent to an activating group) is 1. The first-order valence-corrected chi connectivity index (χ1v) is 9.99. The van der Waals surface area contributed by atoms with Gasteiger partial charge in [-0.3, -0.25) is 9.78 Å². The molecule has 33 heavy (non-hydrogen) atoms. The summed E-state index contributed by atoms with van der Waals surface area (Å²) < 4.78 is 31.7. The largest absolute Gasteiger partial charge is 0.490 e. The van der Waals surface area contributed by atoms with Crippen molar-refractivity contribution >= 4 is 11.9 Å². The van der Waals surface area contributed by atoms with Crippen LogP contribution in [-0.2, 0) is 22.6 Å². The fraction of sp³-hybridized carbons (Fsp3) is 0.208. The molecule has 3 aromatic rings. The van der Waals surface area contributed by atoms with Crippen LogP contribution in [0.25, 0.3) is 11.1 Å². The van der Waals surface area contributed by atoms with E-state index in [4.69, 9.17) is 9.90 Å². The average molecular weight is 459 g/mol. The Bertz CT molecular complexity index is 1030. The number of nitrogens with zero attached hydrogens (tertiary/aromatic N) is 1. The molecule has 0 saturated heterocycles. The van der Waals surface area contributed by atoms with Gasteiger partial charge in [0.15, 0.2) is 0 Å².